The van der Waals surface area contributed by atoms with E-state index in [-0.39, 0.29) is 5.41 Å². The van der Waals surface area contributed by atoms with Gasteiger partial charge in [0, 0.05) is 17.2 Å². The molecule has 28 heavy (non-hydrogen) atoms. The topological polar surface area (TPSA) is 26.0 Å². The Kier molecular flexibility index (Phi) is 4.38. The molecule has 0 saturated carbocycles. The molecule has 0 bridgehead atoms. The molecule has 0 saturated heterocycles. The van der Waals surface area contributed by atoms with Crippen molar-refractivity contribution in [2.75, 3.05) is 0 Å². The number of benzene rings is 2. The van der Waals surface area contributed by atoms with Gasteiger partial charge in [-0.15, -0.1) is 0 Å². The Labute approximate surface area is 167 Å². The molecule has 0 radical (unpaired) electrons. The molecule has 2 aromatic carbocycles. The van der Waals surface area contributed by atoms with Crippen LogP contribution in [0.3, 0.4) is 0 Å². The van der Waals surface area contributed by atoms with Crippen LogP contribution in [0.5, 0.6) is 0 Å². The summed E-state index contributed by atoms with van der Waals surface area (Å²) in [5.74, 6) is 0.884. The highest BCUT2D eigenvalue weighted by Gasteiger charge is 2.17. The van der Waals surface area contributed by atoms with E-state index in [1.807, 2.05) is 6.07 Å². The molecule has 0 N–H and O–H groups in total. The Morgan fingerprint density at radius 3 is 2.21 bits per heavy atom. The Balaban J connectivity index is 1.83. The zero-order valence-corrected chi connectivity index (χ0v) is 17.6. The first-order chi connectivity index (χ1) is 13.2. The molecule has 4 aromatic rings. The second-order valence-corrected chi connectivity index (χ2v) is 8.80. The van der Waals surface area contributed by atoms with Crippen LogP contribution < -0.4 is 0 Å². The van der Waals surface area contributed by atoms with Crippen LogP contribution in [-0.2, 0) is 5.41 Å². The number of furan rings is 1. The Morgan fingerprint density at radius 2 is 1.54 bits per heavy atom. The van der Waals surface area contributed by atoms with Crippen molar-refractivity contribution in [1.82, 2.24) is 4.98 Å². The Hall–Kier alpha value is -2.87. The number of rotatable bonds is 2. The number of fused-ring (bicyclic) bond motifs is 1. The van der Waals surface area contributed by atoms with E-state index in [1.165, 1.54) is 22.3 Å². The molecule has 0 atom stereocenters. The third kappa shape index (κ3) is 3.35. The molecule has 0 aliphatic carbocycles. The van der Waals surface area contributed by atoms with E-state index in [0.29, 0.717) is 0 Å². The number of aryl methyl sites for hydroxylation is 3. The molecule has 0 fully saturated rings. The number of nitrogens with zero attached hydrogens (tertiary/aromatic N) is 1. The van der Waals surface area contributed by atoms with Crippen molar-refractivity contribution < 1.29 is 4.42 Å². The molecular weight excluding hydrogens is 342 g/mol. The molecule has 2 heterocycles. The van der Waals surface area contributed by atoms with Gasteiger partial charge >= 0.3 is 0 Å². The molecular formula is C26H27NO. The minimum Gasteiger partial charge on any atom is -0.454 e. The second-order valence-electron chi connectivity index (χ2n) is 8.80. The first-order valence-corrected chi connectivity index (χ1v) is 9.82. The standard InChI is InChI=1S/C26H27NO/c1-16-12-19(14-20(13-16)26(4,5)6)21-10-11-23-22(27-21)15-24(28-23)25-17(2)8-7-9-18(25)3/h7-15H,1-6H3. The average Bonchev–Trinajstić information content (AvgIpc) is 3.03. The summed E-state index contributed by atoms with van der Waals surface area (Å²) in [4.78, 5) is 4.92. The second kappa shape index (κ2) is 6.63. The van der Waals surface area contributed by atoms with Crippen LogP contribution in [0.2, 0.25) is 0 Å². The zero-order chi connectivity index (χ0) is 20.1. The molecule has 4 rings (SSSR count). The van der Waals surface area contributed by atoms with E-state index in [0.717, 1.165) is 33.7 Å². The molecule has 0 aliphatic heterocycles. The van der Waals surface area contributed by atoms with Gasteiger partial charge in [-0.1, -0.05) is 50.6 Å². The first-order valence-electron chi connectivity index (χ1n) is 9.82. The largest absolute Gasteiger partial charge is 0.454 e. The van der Waals surface area contributed by atoms with Crippen LogP contribution >= 0.6 is 0 Å². The smallest absolute Gasteiger partial charge is 0.153 e. The summed E-state index contributed by atoms with van der Waals surface area (Å²) in [5, 5.41) is 0. The molecule has 2 heteroatoms. The van der Waals surface area contributed by atoms with E-state index in [1.54, 1.807) is 0 Å². The van der Waals surface area contributed by atoms with Crippen molar-refractivity contribution in [1.29, 1.82) is 0 Å². The SMILES string of the molecule is Cc1cc(-c2ccc3oc(-c4c(C)cccc4C)cc3n2)cc(C(C)(C)C)c1. The summed E-state index contributed by atoms with van der Waals surface area (Å²) in [6.07, 6.45) is 0. The van der Waals surface area contributed by atoms with Crippen LogP contribution in [0.25, 0.3) is 33.7 Å². The average molecular weight is 370 g/mol. The summed E-state index contributed by atoms with van der Waals surface area (Å²) in [6.45, 7) is 13.1. The predicted octanol–water partition coefficient (Wildman–Crippen LogP) is 7.38. The summed E-state index contributed by atoms with van der Waals surface area (Å²) in [6, 6.07) is 19.2. The number of hydrogen-bond acceptors (Lipinski definition) is 2. The van der Waals surface area contributed by atoms with Gasteiger partial charge in [-0.05, 0) is 67.1 Å². The number of aromatic nitrogens is 1. The lowest BCUT2D eigenvalue weighted by Gasteiger charge is -2.20. The van der Waals surface area contributed by atoms with Gasteiger partial charge in [0.15, 0.2) is 5.58 Å². The van der Waals surface area contributed by atoms with Crippen LogP contribution in [0, 0.1) is 20.8 Å². The highest BCUT2D eigenvalue weighted by atomic mass is 16.3. The molecule has 0 aliphatic rings. The van der Waals surface area contributed by atoms with Crippen molar-refractivity contribution in [3.8, 4) is 22.6 Å². The Morgan fingerprint density at radius 1 is 0.821 bits per heavy atom. The van der Waals surface area contributed by atoms with Gasteiger partial charge < -0.3 is 4.42 Å². The van der Waals surface area contributed by atoms with Gasteiger partial charge in [-0.25, -0.2) is 4.98 Å². The lowest BCUT2D eigenvalue weighted by molar-refractivity contribution is 0.590. The quantitative estimate of drug-likeness (QED) is 0.368. The first kappa shape index (κ1) is 18.5. The van der Waals surface area contributed by atoms with E-state index in [9.17, 15) is 0 Å². The van der Waals surface area contributed by atoms with Crippen molar-refractivity contribution in [3.63, 3.8) is 0 Å². The molecule has 0 amide bonds. The molecule has 0 unspecified atom stereocenters. The Bertz CT molecular complexity index is 1150. The lowest BCUT2D eigenvalue weighted by Crippen LogP contribution is -2.11. The van der Waals surface area contributed by atoms with Crippen molar-refractivity contribution in [2.45, 2.75) is 47.0 Å². The maximum atomic E-state index is 6.15. The summed E-state index contributed by atoms with van der Waals surface area (Å²) in [5.41, 5.74) is 10.1. The fraction of sp³-hybridized carbons (Fsp3) is 0.269. The maximum Gasteiger partial charge on any atom is 0.153 e. The maximum absolute atomic E-state index is 6.15. The molecule has 2 nitrogen and oxygen atoms in total. The van der Waals surface area contributed by atoms with E-state index >= 15 is 0 Å². The van der Waals surface area contributed by atoms with E-state index < -0.39 is 0 Å². The van der Waals surface area contributed by atoms with E-state index in [2.05, 4.69) is 90.1 Å². The number of pyridine rings is 1. The van der Waals surface area contributed by atoms with Crippen LogP contribution in [0.1, 0.15) is 43.0 Å². The van der Waals surface area contributed by atoms with E-state index in [4.69, 9.17) is 9.40 Å². The number of hydrogen-bond donors (Lipinski definition) is 0. The van der Waals surface area contributed by atoms with Crippen LogP contribution in [0.4, 0.5) is 0 Å². The predicted molar refractivity (Wildman–Crippen MR) is 118 cm³/mol. The van der Waals surface area contributed by atoms with Gasteiger partial charge in [-0.3, -0.25) is 0 Å². The highest BCUT2D eigenvalue weighted by molar-refractivity contribution is 5.83. The zero-order valence-electron chi connectivity index (χ0n) is 17.6. The third-order valence-electron chi connectivity index (χ3n) is 5.34. The molecule has 0 spiro atoms. The lowest BCUT2D eigenvalue weighted by atomic mass is 9.85. The molecule has 2 aromatic heterocycles. The third-order valence-corrected chi connectivity index (χ3v) is 5.34. The van der Waals surface area contributed by atoms with Crippen LogP contribution in [0.15, 0.2) is 59.0 Å². The van der Waals surface area contributed by atoms with Crippen LogP contribution in [-0.4, -0.2) is 4.98 Å². The van der Waals surface area contributed by atoms with Gasteiger partial charge in [0.25, 0.3) is 0 Å². The summed E-state index contributed by atoms with van der Waals surface area (Å²) in [7, 11) is 0. The van der Waals surface area contributed by atoms with Gasteiger partial charge in [0.05, 0.1) is 5.69 Å². The summed E-state index contributed by atoms with van der Waals surface area (Å²) >= 11 is 0. The van der Waals surface area contributed by atoms with Gasteiger partial charge in [-0.2, -0.15) is 0 Å². The minimum atomic E-state index is 0.107. The fourth-order valence-corrected chi connectivity index (χ4v) is 3.78. The van der Waals surface area contributed by atoms with Crippen molar-refractivity contribution in [2.24, 2.45) is 0 Å². The van der Waals surface area contributed by atoms with Gasteiger partial charge in [0.1, 0.15) is 11.3 Å². The van der Waals surface area contributed by atoms with Gasteiger partial charge in [0.2, 0.25) is 0 Å². The summed E-state index contributed by atoms with van der Waals surface area (Å²) < 4.78 is 6.15. The fourth-order valence-electron chi connectivity index (χ4n) is 3.78. The van der Waals surface area contributed by atoms with Crippen molar-refractivity contribution >= 4 is 11.1 Å². The van der Waals surface area contributed by atoms with Crippen molar-refractivity contribution in [3.05, 3.63) is 76.9 Å². The monoisotopic (exact) mass is 369 g/mol. The normalized spacial score (nSPS) is 11.9. The highest BCUT2D eigenvalue weighted by Crippen LogP contribution is 2.34. The minimum absolute atomic E-state index is 0.107. The molecule has 142 valence electrons.